The van der Waals surface area contributed by atoms with Gasteiger partial charge >= 0.3 is 0 Å². The van der Waals surface area contributed by atoms with Crippen molar-refractivity contribution in [2.75, 3.05) is 0 Å². The molecule has 0 unspecified atom stereocenters. The zero-order valence-electron chi connectivity index (χ0n) is 11.0. The van der Waals surface area contributed by atoms with E-state index in [0.717, 1.165) is 11.0 Å². The first-order chi connectivity index (χ1) is 9.92. The minimum Gasteiger partial charge on any atom is -0.249 e. The number of benzene rings is 3. The maximum atomic E-state index is 4.82. The van der Waals surface area contributed by atoms with E-state index in [1.165, 1.54) is 21.1 Å². The van der Waals surface area contributed by atoms with E-state index in [2.05, 4.69) is 72.8 Å². The molecule has 0 saturated carbocycles. The van der Waals surface area contributed by atoms with E-state index in [1.807, 2.05) is 0 Å². The predicted octanol–water partition coefficient (Wildman–Crippen LogP) is 4.13. The minimum absolute atomic E-state index is 0.107. The molecule has 0 fully saturated rings. The Morgan fingerprint density at radius 2 is 1.40 bits per heavy atom. The second kappa shape index (κ2) is 4.65. The number of aromatic nitrogens is 1. The highest BCUT2D eigenvalue weighted by molar-refractivity contribution is 6.60. The van der Waals surface area contributed by atoms with Crippen molar-refractivity contribution in [3.05, 3.63) is 72.8 Å². The Morgan fingerprint density at radius 1 is 0.650 bits per heavy atom. The standard InChI is InChI=1S/C18H13NSi/c1-2-7-13(8-3-1)14-9-6-11-16-18(14)20-17-12-5-4-10-15(17)19-16/h1-12,20H. The van der Waals surface area contributed by atoms with Crippen LogP contribution in [0.1, 0.15) is 0 Å². The Balaban J connectivity index is 2.09. The predicted molar refractivity (Wildman–Crippen MR) is 87.4 cm³/mol. The van der Waals surface area contributed by atoms with Crippen LogP contribution in [-0.4, -0.2) is 14.1 Å². The number of hydrogen-bond acceptors (Lipinski definition) is 1. The van der Waals surface area contributed by atoms with Crippen molar-refractivity contribution in [1.82, 2.24) is 4.98 Å². The molecule has 0 amide bonds. The monoisotopic (exact) mass is 271 g/mol. The van der Waals surface area contributed by atoms with Gasteiger partial charge in [0.15, 0.2) is 0 Å². The lowest BCUT2D eigenvalue weighted by molar-refractivity contribution is 1.51. The van der Waals surface area contributed by atoms with Gasteiger partial charge in [0, 0.05) is 9.12 Å². The van der Waals surface area contributed by atoms with Crippen molar-refractivity contribution in [2.45, 2.75) is 0 Å². The van der Waals surface area contributed by atoms with Crippen molar-refractivity contribution < 1.29 is 0 Å². The van der Waals surface area contributed by atoms with Crippen LogP contribution in [0.4, 0.5) is 0 Å². The number of fused-ring (bicyclic) bond motifs is 2. The Morgan fingerprint density at radius 3 is 2.30 bits per heavy atom. The van der Waals surface area contributed by atoms with Crippen molar-refractivity contribution in [2.24, 2.45) is 0 Å². The fourth-order valence-corrected chi connectivity index (χ4v) is 4.22. The Bertz CT molecular complexity index is 901. The van der Waals surface area contributed by atoms with Gasteiger partial charge in [-0.2, -0.15) is 0 Å². The SMILES string of the molecule is c1ccc(-c2cccc3nc4ccccc4[siH]c23)cc1. The molecule has 0 radical (unpaired) electrons. The highest BCUT2D eigenvalue weighted by Crippen LogP contribution is 2.27. The Hall–Kier alpha value is -2.32. The maximum Gasteiger partial charge on any atom is 0.0668 e. The highest BCUT2D eigenvalue weighted by Gasteiger charge is 2.05. The van der Waals surface area contributed by atoms with Crippen LogP contribution >= 0.6 is 0 Å². The topological polar surface area (TPSA) is 12.9 Å². The van der Waals surface area contributed by atoms with Crippen LogP contribution in [-0.2, 0) is 0 Å². The van der Waals surface area contributed by atoms with E-state index in [0.29, 0.717) is 0 Å². The third-order valence-electron chi connectivity index (χ3n) is 3.65. The molecule has 1 heterocycles. The molecule has 0 aliphatic rings. The lowest BCUT2D eigenvalue weighted by Crippen LogP contribution is -1.90. The van der Waals surface area contributed by atoms with Crippen LogP contribution in [0.2, 0.25) is 0 Å². The van der Waals surface area contributed by atoms with E-state index in [-0.39, 0.29) is 9.12 Å². The van der Waals surface area contributed by atoms with E-state index < -0.39 is 0 Å². The third kappa shape index (κ3) is 1.85. The average molecular weight is 271 g/mol. The van der Waals surface area contributed by atoms with E-state index >= 15 is 0 Å². The van der Waals surface area contributed by atoms with Crippen molar-refractivity contribution in [3.8, 4) is 11.1 Å². The lowest BCUT2D eigenvalue weighted by atomic mass is 10.1. The van der Waals surface area contributed by atoms with Crippen LogP contribution in [0.25, 0.3) is 32.2 Å². The van der Waals surface area contributed by atoms with Gasteiger partial charge in [0.2, 0.25) is 0 Å². The summed E-state index contributed by atoms with van der Waals surface area (Å²) in [6.07, 6.45) is 0. The smallest absolute Gasteiger partial charge is 0.0668 e. The van der Waals surface area contributed by atoms with Gasteiger partial charge in [-0.1, -0.05) is 60.7 Å². The first kappa shape index (κ1) is 11.5. The third-order valence-corrected chi connectivity index (χ3v) is 5.34. The van der Waals surface area contributed by atoms with E-state index in [4.69, 9.17) is 4.98 Å². The van der Waals surface area contributed by atoms with Gasteiger partial charge in [-0.25, -0.2) is 4.98 Å². The second-order valence-corrected chi connectivity index (χ2v) is 6.41. The number of hydrogen-bond donors (Lipinski definition) is 0. The summed E-state index contributed by atoms with van der Waals surface area (Å²) in [5, 5.41) is 0. The van der Waals surface area contributed by atoms with Gasteiger partial charge in [0.1, 0.15) is 0 Å². The molecule has 1 nitrogen and oxygen atoms in total. The molecule has 3 aromatic carbocycles. The second-order valence-electron chi connectivity index (χ2n) is 4.92. The van der Waals surface area contributed by atoms with Gasteiger partial charge in [-0.3, -0.25) is 0 Å². The molecule has 0 saturated heterocycles. The van der Waals surface area contributed by atoms with Gasteiger partial charge in [0.05, 0.1) is 11.0 Å². The molecule has 0 spiro atoms. The van der Waals surface area contributed by atoms with E-state index in [9.17, 15) is 0 Å². The van der Waals surface area contributed by atoms with Crippen molar-refractivity contribution in [3.63, 3.8) is 0 Å². The van der Waals surface area contributed by atoms with Crippen LogP contribution in [0.5, 0.6) is 0 Å². The van der Waals surface area contributed by atoms with Crippen LogP contribution in [0.15, 0.2) is 72.8 Å². The van der Waals surface area contributed by atoms with Crippen LogP contribution < -0.4 is 0 Å². The average Bonchev–Trinajstić information content (AvgIpc) is 2.53. The molecule has 4 rings (SSSR count). The molecule has 94 valence electrons. The number of nitrogens with zero attached hydrogens (tertiary/aromatic N) is 1. The van der Waals surface area contributed by atoms with Gasteiger partial charge in [-0.05, 0) is 33.3 Å². The molecule has 20 heavy (non-hydrogen) atoms. The summed E-state index contributed by atoms with van der Waals surface area (Å²) in [7, 11) is 0.107. The van der Waals surface area contributed by atoms with Gasteiger partial charge < -0.3 is 0 Å². The summed E-state index contributed by atoms with van der Waals surface area (Å²) in [4.78, 5) is 7.62. The first-order valence-corrected chi connectivity index (χ1v) is 7.91. The highest BCUT2D eigenvalue weighted by atomic mass is 28.2. The molecule has 4 aromatic rings. The summed E-state index contributed by atoms with van der Waals surface area (Å²) in [5.74, 6) is 0. The molecule has 0 aliphatic carbocycles. The molecule has 1 aromatic heterocycles. The Labute approximate surface area is 119 Å². The quantitative estimate of drug-likeness (QED) is 0.375. The lowest BCUT2D eigenvalue weighted by Gasteiger charge is -2.08. The normalized spacial score (nSPS) is 11.0. The first-order valence-electron chi connectivity index (χ1n) is 6.76. The summed E-state index contributed by atoms with van der Waals surface area (Å²) in [6, 6.07) is 25.5. The molecular weight excluding hydrogens is 258 g/mol. The van der Waals surface area contributed by atoms with Crippen molar-refractivity contribution >= 4 is 30.1 Å². The van der Waals surface area contributed by atoms with Gasteiger partial charge in [0.25, 0.3) is 0 Å². The summed E-state index contributed by atoms with van der Waals surface area (Å²) in [6.45, 7) is 0. The molecule has 0 atom stereocenters. The van der Waals surface area contributed by atoms with E-state index in [1.54, 1.807) is 0 Å². The zero-order valence-corrected chi connectivity index (χ0v) is 12.1. The summed E-state index contributed by atoms with van der Waals surface area (Å²) >= 11 is 0. The minimum atomic E-state index is 0.107. The summed E-state index contributed by atoms with van der Waals surface area (Å²) in [5.41, 5.74) is 4.89. The largest absolute Gasteiger partial charge is 0.249 e. The molecule has 0 bridgehead atoms. The fraction of sp³-hybridized carbons (Fsp3) is 0. The van der Waals surface area contributed by atoms with Crippen molar-refractivity contribution in [1.29, 1.82) is 0 Å². The summed E-state index contributed by atoms with van der Waals surface area (Å²) < 4.78 is 0. The molecular formula is C18H13NSi. The Kier molecular flexibility index (Phi) is 2.68. The zero-order chi connectivity index (χ0) is 13.4. The maximum absolute atomic E-state index is 4.82. The molecule has 0 aliphatic heterocycles. The fourth-order valence-electron chi connectivity index (χ4n) is 2.67. The number of rotatable bonds is 1. The number of para-hydroxylation sites is 1. The van der Waals surface area contributed by atoms with Gasteiger partial charge in [-0.15, -0.1) is 0 Å². The van der Waals surface area contributed by atoms with Crippen LogP contribution in [0, 0.1) is 0 Å². The molecule has 0 N–H and O–H groups in total. The van der Waals surface area contributed by atoms with Crippen LogP contribution in [0.3, 0.4) is 0 Å². The molecule has 2 heteroatoms.